The molecule has 6 nitrogen and oxygen atoms in total. The van der Waals surface area contributed by atoms with E-state index in [1.54, 1.807) is 18.2 Å². The van der Waals surface area contributed by atoms with Gasteiger partial charge in [0.05, 0.1) is 11.1 Å². The van der Waals surface area contributed by atoms with Gasteiger partial charge >= 0.3 is 0 Å². The molecule has 0 radical (unpaired) electrons. The lowest BCUT2D eigenvalue weighted by Crippen LogP contribution is -2.24. The van der Waals surface area contributed by atoms with Gasteiger partial charge < -0.3 is 5.73 Å². The second kappa shape index (κ2) is 5.14. The van der Waals surface area contributed by atoms with Crippen molar-refractivity contribution in [2.24, 2.45) is 0 Å². The van der Waals surface area contributed by atoms with Gasteiger partial charge in [-0.2, -0.15) is 5.26 Å². The van der Waals surface area contributed by atoms with Crippen molar-refractivity contribution in [3.63, 3.8) is 0 Å². The lowest BCUT2D eigenvalue weighted by molar-refractivity contribution is 0.0971. The van der Waals surface area contributed by atoms with Crippen LogP contribution in [0.25, 0.3) is 5.69 Å². The molecule has 0 aliphatic heterocycles. The standard InChI is InChI=1S/C19H12N4O2/c1-10-4-6-11(7-5-10)23-16-14(13(9-20)19(23)21)17(24)12-3-2-8-22-15(12)18(16)25/h2-8H,21H2,1H3. The predicted octanol–water partition coefficient (Wildman–Crippen LogP) is 2.41. The number of fused-ring (bicyclic) bond motifs is 2. The van der Waals surface area contributed by atoms with E-state index in [4.69, 9.17) is 5.73 Å². The third-order valence-electron chi connectivity index (χ3n) is 4.32. The largest absolute Gasteiger partial charge is 0.384 e. The Morgan fingerprint density at radius 3 is 2.52 bits per heavy atom. The first-order valence-corrected chi connectivity index (χ1v) is 7.60. The molecular weight excluding hydrogens is 316 g/mol. The van der Waals surface area contributed by atoms with Crippen molar-refractivity contribution in [1.82, 2.24) is 9.55 Å². The molecule has 0 saturated carbocycles. The molecule has 4 rings (SSSR count). The molecule has 0 fully saturated rings. The highest BCUT2D eigenvalue weighted by atomic mass is 16.1. The number of benzene rings is 1. The quantitative estimate of drug-likeness (QED) is 0.578. The highest BCUT2D eigenvalue weighted by molar-refractivity contribution is 6.28. The predicted molar refractivity (Wildman–Crippen MR) is 90.7 cm³/mol. The maximum atomic E-state index is 13.0. The van der Waals surface area contributed by atoms with Crippen LogP contribution in [-0.4, -0.2) is 21.1 Å². The molecule has 25 heavy (non-hydrogen) atoms. The summed E-state index contributed by atoms with van der Waals surface area (Å²) in [7, 11) is 0. The molecule has 2 N–H and O–H groups in total. The fourth-order valence-electron chi connectivity index (χ4n) is 3.12. The fourth-order valence-corrected chi connectivity index (χ4v) is 3.12. The molecule has 1 aromatic carbocycles. The molecule has 120 valence electrons. The molecule has 6 heteroatoms. The highest BCUT2D eigenvalue weighted by Crippen LogP contribution is 2.35. The van der Waals surface area contributed by atoms with Crippen molar-refractivity contribution in [2.75, 3.05) is 5.73 Å². The van der Waals surface area contributed by atoms with Crippen LogP contribution in [-0.2, 0) is 0 Å². The van der Waals surface area contributed by atoms with Crippen LogP contribution in [0.5, 0.6) is 0 Å². The van der Waals surface area contributed by atoms with Crippen molar-refractivity contribution in [3.8, 4) is 11.8 Å². The molecule has 0 unspecified atom stereocenters. The number of pyridine rings is 1. The zero-order valence-corrected chi connectivity index (χ0v) is 13.3. The van der Waals surface area contributed by atoms with Crippen molar-refractivity contribution >= 4 is 17.4 Å². The number of aromatic nitrogens is 2. The molecule has 3 aromatic rings. The third kappa shape index (κ3) is 1.93. The summed E-state index contributed by atoms with van der Waals surface area (Å²) in [6.07, 6.45) is 1.46. The molecule has 0 amide bonds. The second-order valence-electron chi connectivity index (χ2n) is 5.82. The highest BCUT2D eigenvalue weighted by Gasteiger charge is 2.38. The Hall–Kier alpha value is -3.72. The van der Waals surface area contributed by atoms with Crippen LogP contribution in [0, 0.1) is 18.3 Å². The number of aryl methyl sites for hydroxylation is 1. The minimum absolute atomic E-state index is 0.0171. The summed E-state index contributed by atoms with van der Waals surface area (Å²) in [5.74, 6) is -0.753. The summed E-state index contributed by atoms with van der Waals surface area (Å²) in [5.41, 5.74) is 8.22. The van der Waals surface area contributed by atoms with E-state index in [9.17, 15) is 14.9 Å². The normalized spacial score (nSPS) is 12.5. The van der Waals surface area contributed by atoms with Gasteiger partial charge in [0.25, 0.3) is 0 Å². The second-order valence-corrected chi connectivity index (χ2v) is 5.82. The maximum absolute atomic E-state index is 13.0. The molecule has 0 bridgehead atoms. The van der Waals surface area contributed by atoms with Crippen molar-refractivity contribution in [1.29, 1.82) is 5.26 Å². The molecule has 0 atom stereocenters. The molecule has 1 aliphatic carbocycles. The molecule has 2 aromatic heterocycles. The van der Waals surface area contributed by atoms with E-state index in [-0.39, 0.29) is 33.9 Å². The van der Waals surface area contributed by atoms with Crippen LogP contribution in [0.4, 0.5) is 5.82 Å². The lowest BCUT2D eigenvalue weighted by Gasteiger charge is -2.16. The molecule has 2 heterocycles. The van der Waals surface area contributed by atoms with Gasteiger partial charge in [-0.25, -0.2) is 0 Å². The van der Waals surface area contributed by atoms with Crippen LogP contribution in [0.2, 0.25) is 0 Å². The van der Waals surface area contributed by atoms with Gasteiger partial charge in [-0.05, 0) is 31.2 Å². The number of carbonyl (C=O) groups is 2. The van der Waals surface area contributed by atoms with Crippen molar-refractivity contribution in [2.45, 2.75) is 6.92 Å². The number of nitrogens with two attached hydrogens (primary N) is 1. The van der Waals surface area contributed by atoms with Crippen LogP contribution in [0.3, 0.4) is 0 Å². The summed E-state index contributed by atoms with van der Waals surface area (Å²) < 4.78 is 1.46. The molecule has 0 spiro atoms. The number of hydrogen-bond donors (Lipinski definition) is 1. The minimum atomic E-state index is -0.418. The third-order valence-corrected chi connectivity index (χ3v) is 4.32. The first-order chi connectivity index (χ1) is 12.0. The number of nitrogens with zero attached hydrogens (tertiary/aromatic N) is 3. The Morgan fingerprint density at radius 1 is 1.12 bits per heavy atom. The zero-order valence-electron chi connectivity index (χ0n) is 13.3. The Labute approximate surface area is 143 Å². The van der Waals surface area contributed by atoms with Gasteiger partial charge in [-0.3, -0.25) is 19.1 Å². The minimum Gasteiger partial charge on any atom is -0.384 e. The molecule has 0 saturated heterocycles. The lowest BCUT2D eigenvalue weighted by atomic mass is 9.89. The van der Waals surface area contributed by atoms with E-state index in [0.717, 1.165) is 5.56 Å². The SMILES string of the molecule is Cc1ccc(-n2c(N)c(C#N)c3c2C(=O)c2ncccc2C3=O)cc1. The average molecular weight is 328 g/mol. The van der Waals surface area contributed by atoms with Crippen molar-refractivity contribution in [3.05, 3.63) is 76.2 Å². The number of hydrogen-bond acceptors (Lipinski definition) is 5. The van der Waals surface area contributed by atoms with Gasteiger partial charge in [-0.15, -0.1) is 0 Å². The van der Waals surface area contributed by atoms with E-state index in [1.807, 2.05) is 25.1 Å². The van der Waals surface area contributed by atoms with Gasteiger partial charge in [0, 0.05) is 11.9 Å². The summed E-state index contributed by atoms with van der Waals surface area (Å²) in [6.45, 7) is 1.94. The number of rotatable bonds is 1. The van der Waals surface area contributed by atoms with Crippen LogP contribution < -0.4 is 5.73 Å². The molecular formula is C19H12N4O2. The first kappa shape index (κ1) is 14.8. The summed E-state index contributed by atoms with van der Waals surface area (Å²) in [6, 6.07) is 12.4. The van der Waals surface area contributed by atoms with E-state index >= 15 is 0 Å². The van der Waals surface area contributed by atoms with Gasteiger partial charge in [-0.1, -0.05) is 17.7 Å². The molecule has 1 aliphatic rings. The Morgan fingerprint density at radius 2 is 1.84 bits per heavy atom. The van der Waals surface area contributed by atoms with Crippen molar-refractivity contribution < 1.29 is 9.59 Å². The van der Waals surface area contributed by atoms with E-state index in [2.05, 4.69) is 4.98 Å². The number of anilines is 1. The summed E-state index contributed by atoms with van der Waals surface area (Å²) >= 11 is 0. The van der Waals surface area contributed by atoms with Crippen LogP contribution in [0.1, 0.15) is 43.2 Å². The van der Waals surface area contributed by atoms with E-state index in [1.165, 1.54) is 16.8 Å². The zero-order chi connectivity index (χ0) is 17.7. The average Bonchev–Trinajstić information content (AvgIpc) is 2.93. The Bertz CT molecular complexity index is 1100. The topological polar surface area (TPSA) is 102 Å². The number of nitriles is 1. The van der Waals surface area contributed by atoms with Crippen LogP contribution >= 0.6 is 0 Å². The summed E-state index contributed by atoms with van der Waals surface area (Å²) in [4.78, 5) is 29.9. The van der Waals surface area contributed by atoms with Gasteiger partial charge in [0.2, 0.25) is 5.78 Å². The van der Waals surface area contributed by atoms with E-state index in [0.29, 0.717) is 5.69 Å². The Balaban J connectivity index is 2.09. The van der Waals surface area contributed by atoms with Gasteiger partial charge in [0.1, 0.15) is 28.8 Å². The summed E-state index contributed by atoms with van der Waals surface area (Å²) in [5, 5.41) is 9.51. The monoisotopic (exact) mass is 328 g/mol. The van der Waals surface area contributed by atoms with Crippen LogP contribution in [0.15, 0.2) is 42.6 Å². The van der Waals surface area contributed by atoms with Gasteiger partial charge in [0.15, 0.2) is 5.78 Å². The number of nitrogen functional groups attached to an aromatic ring is 1. The Kier molecular flexibility index (Phi) is 3.05. The number of ketones is 2. The maximum Gasteiger partial charge on any atom is 0.229 e. The fraction of sp³-hybridized carbons (Fsp3) is 0.0526. The smallest absolute Gasteiger partial charge is 0.229 e. The number of carbonyl (C=O) groups excluding carboxylic acids is 2. The first-order valence-electron chi connectivity index (χ1n) is 7.60. The van der Waals surface area contributed by atoms with E-state index < -0.39 is 11.6 Å².